The van der Waals surface area contributed by atoms with E-state index < -0.39 is 0 Å². The molecule has 3 aromatic rings. The van der Waals surface area contributed by atoms with Crippen LogP contribution in [0.1, 0.15) is 12.5 Å². The van der Waals surface area contributed by atoms with Crippen LogP contribution >= 0.6 is 0 Å². The van der Waals surface area contributed by atoms with E-state index in [1.807, 2.05) is 43.3 Å². The lowest BCUT2D eigenvalue weighted by Gasteiger charge is -2.09. The number of nitrogens with one attached hydrogen (secondary N) is 2. The molecular weight excluding hydrogens is 328 g/mol. The maximum absolute atomic E-state index is 12.0. The molecule has 2 aromatic heterocycles. The van der Waals surface area contributed by atoms with E-state index in [4.69, 9.17) is 4.74 Å². The van der Waals surface area contributed by atoms with Crippen LogP contribution < -0.4 is 15.4 Å². The Balaban J connectivity index is 1.51. The topological polar surface area (TPSA) is 76.1 Å². The van der Waals surface area contributed by atoms with E-state index in [2.05, 4.69) is 20.6 Å². The summed E-state index contributed by atoms with van der Waals surface area (Å²) in [4.78, 5) is 20.5. The van der Waals surface area contributed by atoms with Gasteiger partial charge in [-0.15, -0.1) is 0 Å². The van der Waals surface area contributed by atoms with Crippen LogP contribution in [0.15, 0.2) is 67.1 Å². The van der Waals surface area contributed by atoms with Gasteiger partial charge in [-0.3, -0.25) is 9.97 Å². The fraction of sp³-hybridized carbons (Fsp3) is 0.150. The number of amides is 2. The van der Waals surface area contributed by atoms with Gasteiger partial charge in [0.2, 0.25) is 0 Å². The normalized spacial score (nSPS) is 10.2. The minimum absolute atomic E-state index is 0.273. The number of nitrogens with zero attached hydrogens (tertiary/aromatic N) is 2. The summed E-state index contributed by atoms with van der Waals surface area (Å²) in [6, 6.07) is 14.6. The van der Waals surface area contributed by atoms with E-state index in [0.29, 0.717) is 18.8 Å². The third-order valence-corrected chi connectivity index (χ3v) is 3.66. The van der Waals surface area contributed by atoms with Crippen LogP contribution in [-0.2, 0) is 6.54 Å². The lowest BCUT2D eigenvalue weighted by Crippen LogP contribution is -2.28. The van der Waals surface area contributed by atoms with E-state index in [1.54, 1.807) is 30.7 Å². The SMILES string of the molecule is CCOc1ccc(NC(=O)NCc2ccc(-c3cccnc3)nc2)cc1. The van der Waals surface area contributed by atoms with Crippen LogP contribution in [0.5, 0.6) is 5.75 Å². The minimum atomic E-state index is -0.273. The van der Waals surface area contributed by atoms with Gasteiger partial charge in [0.05, 0.1) is 12.3 Å². The first kappa shape index (κ1) is 17.4. The molecule has 2 heterocycles. The van der Waals surface area contributed by atoms with Gasteiger partial charge < -0.3 is 15.4 Å². The van der Waals surface area contributed by atoms with Crippen molar-refractivity contribution in [2.75, 3.05) is 11.9 Å². The molecule has 2 N–H and O–H groups in total. The first-order valence-corrected chi connectivity index (χ1v) is 8.37. The molecule has 0 spiro atoms. The zero-order chi connectivity index (χ0) is 18.2. The number of ether oxygens (including phenoxy) is 1. The van der Waals surface area contributed by atoms with Gasteiger partial charge in [-0.2, -0.15) is 0 Å². The Hall–Kier alpha value is -3.41. The molecule has 132 valence electrons. The molecule has 26 heavy (non-hydrogen) atoms. The number of benzene rings is 1. The van der Waals surface area contributed by atoms with Crippen molar-refractivity contribution in [1.82, 2.24) is 15.3 Å². The molecule has 0 aliphatic carbocycles. The summed E-state index contributed by atoms with van der Waals surface area (Å²) in [5.41, 5.74) is 3.43. The van der Waals surface area contributed by atoms with Crippen LogP contribution in [0.4, 0.5) is 10.5 Å². The first-order chi connectivity index (χ1) is 12.7. The highest BCUT2D eigenvalue weighted by molar-refractivity contribution is 5.89. The molecule has 0 aliphatic rings. The fourth-order valence-electron chi connectivity index (χ4n) is 2.37. The molecule has 0 radical (unpaired) electrons. The minimum Gasteiger partial charge on any atom is -0.494 e. The largest absolute Gasteiger partial charge is 0.494 e. The Morgan fingerprint density at radius 3 is 2.58 bits per heavy atom. The summed E-state index contributed by atoms with van der Waals surface area (Å²) in [5.74, 6) is 0.776. The zero-order valence-electron chi connectivity index (χ0n) is 14.5. The Bertz CT molecular complexity index is 834. The highest BCUT2D eigenvalue weighted by Crippen LogP contribution is 2.16. The van der Waals surface area contributed by atoms with Gasteiger partial charge in [-0.25, -0.2) is 4.79 Å². The number of hydrogen-bond acceptors (Lipinski definition) is 4. The van der Waals surface area contributed by atoms with Crippen LogP contribution in [0.25, 0.3) is 11.3 Å². The lowest BCUT2D eigenvalue weighted by atomic mass is 10.1. The van der Waals surface area contributed by atoms with Crippen molar-refractivity contribution < 1.29 is 9.53 Å². The van der Waals surface area contributed by atoms with Crippen molar-refractivity contribution in [3.63, 3.8) is 0 Å². The number of aromatic nitrogens is 2. The molecule has 0 saturated heterocycles. The molecule has 0 fully saturated rings. The summed E-state index contributed by atoms with van der Waals surface area (Å²) in [7, 11) is 0. The summed E-state index contributed by atoms with van der Waals surface area (Å²) < 4.78 is 5.37. The Labute approximate surface area is 152 Å². The van der Waals surface area contributed by atoms with Crippen molar-refractivity contribution in [3.8, 4) is 17.0 Å². The van der Waals surface area contributed by atoms with Crippen LogP contribution in [0, 0.1) is 0 Å². The van der Waals surface area contributed by atoms with Crippen molar-refractivity contribution in [2.45, 2.75) is 13.5 Å². The van der Waals surface area contributed by atoms with E-state index in [-0.39, 0.29) is 6.03 Å². The average Bonchev–Trinajstić information content (AvgIpc) is 2.69. The zero-order valence-corrected chi connectivity index (χ0v) is 14.5. The Kier molecular flexibility index (Phi) is 5.77. The Morgan fingerprint density at radius 1 is 1.08 bits per heavy atom. The summed E-state index contributed by atoms with van der Waals surface area (Å²) >= 11 is 0. The van der Waals surface area contributed by atoms with Gasteiger partial charge in [-0.05, 0) is 55.0 Å². The highest BCUT2D eigenvalue weighted by atomic mass is 16.5. The lowest BCUT2D eigenvalue weighted by molar-refractivity contribution is 0.251. The molecule has 6 heteroatoms. The van der Waals surface area contributed by atoms with Crippen LogP contribution in [0.2, 0.25) is 0 Å². The molecule has 1 aromatic carbocycles. The highest BCUT2D eigenvalue weighted by Gasteiger charge is 2.04. The molecule has 0 bridgehead atoms. The molecule has 0 saturated carbocycles. The maximum atomic E-state index is 12.0. The monoisotopic (exact) mass is 348 g/mol. The second-order valence-corrected chi connectivity index (χ2v) is 5.56. The number of carbonyl (C=O) groups is 1. The van der Waals surface area contributed by atoms with E-state index in [9.17, 15) is 4.79 Å². The molecule has 0 atom stereocenters. The number of hydrogen-bond donors (Lipinski definition) is 2. The van der Waals surface area contributed by atoms with Gasteiger partial charge in [0.25, 0.3) is 0 Å². The third-order valence-electron chi connectivity index (χ3n) is 3.66. The molecule has 0 aliphatic heterocycles. The number of urea groups is 1. The van der Waals surface area contributed by atoms with Crippen molar-refractivity contribution in [1.29, 1.82) is 0 Å². The molecular formula is C20H20N4O2. The Morgan fingerprint density at radius 2 is 1.92 bits per heavy atom. The van der Waals surface area contributed by atoms with E-state index in [1.165, 1.54) is 0 Å². The molecule has 6 nitrogen and oxygen atoms in total. The second-order valence-electron chi connectivity index (χ2n) is 5.56. The third kappa shape index (κ3) is 4.80. The maximum Gasteiger partial charge on any atom is 0.319 e. The van der Waals surface area contributed by atoms with Gasteiger partial charge in [0, 0.05) is 36.4 Å². The number of carbonyl (C=O) groups excluding carboxylic acids is 1. The molecule has 0 unspecified atom stereocenters. The van der Waals surface area contributed by atoms with E-state index >= 15 is 0 Å². The van der Waals surface area contributed by atoms with Crippen molar-refractivity contribution in [3.05, 3.63) is 72.7 Å². The van der Waals surface area contributed by atoms with Crippen molar-refractivity contribution in [2.24, 2.45) is 0 Å². The molecule has 2 amide bonds. The first-order valence-electron chi connectivity index (χ1n) is 8.37. The fourth-order valence-corrected chi connectivity index (χ4v) is 2.37. The quantitative estimate of drug-likeness (QED) is 0.709. The predicted octanol–water partition coefficient (Wildman–Crippen LogP) is 3.86. The smallest absolute Gasteiger partial charge is 0.319 e. The van der Waals surface area contributed by atoms with E-state index in [0.717, 1.165) is 22.6 Å². The van der Waals surface area contributed by atoms with Crippen molar-refractivity contribution >= 4 is 11.7 Å². The van der Waals surface area contributed by atoms with Gasteiger partial charge in [0.1, 0.15) is 5.75 Å². The summed E-state index contributed by atoms with van der Waals surface area (Å²) in [6.45, 7) is 2.93. The van der Waals surface area contributed by atoms with Gasteiger partial charge >= 0.3 is 6.03 Å². The summed E-state index contributed by atoms with van der Waals surface area (Å²) in [6.07, 6.45) is 5.24. The average molecular weight is 348 g/mol. The van der Waals surface area contributed by atoms with Crippen LogP contribution in [0.3, 0.4) is 0 Å². The van der Waals surface area contributed by atoms with Gasteiger partial charge in [-0.1, -0.05) is 6.07 Å². The summed E-state index contributed by atoms with van der Waals surface area (Å²) in [5, 5.41) is 5.60. The number of anilines is 1. The predicted molar refractivity (Wildman–Crippen MR) is 101 cm³/mol. The van der Waals surface area contributed by atoms with Gasteiger partial charge in [0.15, 0.2) is 0 Å². The van der Waals surface area contributed by atoms with Crippen LogP contribution in [-0.4, -0.2) is 22.6 Å². The second kappa shape index (κ2) is 8.62. The number of rotatable bonds is 6. The number of pyridine rings is 2. The molecule has 3 rings (SSSR count). The standard InChI is InChI=1S/C20H20N4O2/c1-2-26-18-8-6-17(7-9-18)24-20(25)23-13-15-5-10-19(22-12-15)16-4-3-11-21-14-16/h3-12,14H,2,13H2,1H3,(H2,23,24,25).